The summed E-state index contributed by atoms with van der Waals surface area (Å²) in [5, 5.41) is 2.68. The van der Waals surface area contributed by atoms with Crippen molar-refractivity contribution in [1.29, 1.82) is 0 Å². The van der Waals surface area contributed by atoms with E-state index in [-0.39, 0.29) is 13.1 Å². The smallest absolute Gasteiger partial charge is 0.239 e. The molecule has 0 saturated carbocycles. The van der Waals surface area contributed by atoms with Crippen LogP contribution in [0, 0.1) is 5.82 Å². The summed E-state index contributed by atoms with van der Waals surface area (Å²) in [4.78, 5) is 14.2. The fraction of sp³-hybridized carbons (Fsp3) is 0.278. The van der Waals surface area contributed by atoms with Gasteiger partial charge < -0.3 is 10.2 Å². The van der Waals surface area contributed by atoms with Crippen LogP contribution in [0.3, 0.4) is 0 Å². The van der Waals surface area contributed by atoms with Crippen LogP contribution in [0.1, 0.15) is 5.56 Å². The van der Waals surface area contributed by atoms with Gasteiger partial charge in [0, 0.05) is 32.0 Å². The average molecular weight is 379 g/mol. The summed E-state index contributed by atoms with van der Waals surface area (Å²) in [6.07, 6.45) is 1.04. The van der Waals surface area contributed by atoms with Crippen molar-refractivity contribution in [3.05, 3.63) is 59.9 Å². The molecule has 0 radical (unpaired) electrons. The van der Waals surface area contributed by atoms with Gasteiger partial charge in [0.15, 0.2) is 0 Å². The predicted octanol–water partition coefficient (Wildman–Crippen LogP) is 2.29. The number of sulfonamides is 1. The van der Waals surface area contributed by atoms with Crippen molar-refractivity contribution in [3.8, 4) is 0 Å². The average Bonchev–Trinajstić information content (AvgIpc) is 2.56. The van der Waals surface area contributed by atoms with Gasteiger partial charge in [-0.3, -0.25) is 4.79 Å². The van der Waals surface area contributed by atoms with E-state index in [4.69, 9.17) is 0 Å². The van der Waals surface area contributed by atoms with Crippen molar-refractivity contribution in [2.45, 2.75) is 6.54 Å². The molecule has 0 spiro atoms. The fourth-order valence-corrected chi connectivity index (χ4v) is 3.02. The fourth-order valence-electron chi connectivity index (χ4n) is 2.29. The SMILES string of the molecule is CN(C)c1ccc(NC(=O)CN(Cc2ccc(F)cc2)S(C)(=O)=O)cc1. The van der Waals surface area contributed by atoms with Gasteiger partial charge in [-0.2, -0.15) is 4.31 Å². The highest BCUT2D eigenvalue weighted by molar-refractivity contribution is 7.88. The molecule has 0 aliphatic rings. The van der Waals surface area contributed by atoms with Gasteiger partial charge in [0.2, 0.25) is 15.9 Å². The Morgan fingerprint density at radius 2 is 1.62 bits per heavy atom. The minimum absolute atomic E-state index is 0.00784. The number of anilines is 2. The highest BCUT2D eigenvalue weighted by Gasteiger charge is 2.20. The normalized spacial score (nSPS) is 11.4. The van der Waals surface area contributed by atoms with Crippen LogP contribution >= 0.6 is 0 Å². The number of nitrogens with one attached hydrogen (secondary N) is 1. The van der Waals surface area contributed by atoms with Crippen LogP contribution in [-0.2, 0) is 21.4 Å². The van der Waals surface area contributed by atoms with Gasteiger partial charge in [-0.25, -0.2) is 12.8 Å². The van der Waals surface area contributed by atoms with Crippen LogP contribution in [0.25, 0.3) is 0 Å². The number of benzene rings is 2. The second kappa shape index (κ2) is 8.29. The van der Waals surface area contributed by atoms with E-state index in [0.717, 1.165) is 16.2 Å². The predicted molar refractivity (Wildman–Crippen MR) is 101 cm³/mol. The molecule has 8 heteroatoms. The summed E-state index contributed by atoms with van der Waals surface area (Å²) >= 11 is 0. The molecule has 0 aliphatic carbocycles. The Kier molecular flexibility index (Phi) is 6.33. The Hall–Kier alpha value is -2.45. The highest BCUT2D eigenvalue weighted by atomic mass is 32.2. The molecule has 2 aromatic rings. The van der Waals surface area contributed by atoms with E-state index in [2.05, 4.69) is 5.32 Å². The maximum Gasteiger partial charge on any atom is 0.239 e. The summed E-state index contributed by atoms with van der Waals surface area (Å²) in [6.45, 7) is -0.336. The van der Waals surface area contributed by atoms with Gasteiger partial charge in [0.05, 0.1) is 12.8 Å². The summed E-state index contributed by atoms with van der Waals surface area (Å²) in [6, 6.07) is 12.7. The molecule has 1 amide bonds. The molecule has 2 aromatic carbocycles. The lowest BCUT2D eigenvalue weighted by Gasteiger charge is -2.20. The zero-order valence-corrected chi connectivity index (χ0v) is 15.8. The van der Waals surface area contributed by atoms with Crippen LogP contribution < -0.4 is 10.2 Å². The van der Waals surface area contributed by atoms with E-state index >= 15 is 0 Å². The first-order valence-electron chi connectivity index (χ1n) is 7.92. The van der Waals surface area contributed by atoms with Gasteiger partial charge in [-0.05, 0) is 42.0 Å². The molecule has 0 aromatic heterocycles. The van der Waals surface area contributed by atoms with E-state index in [9.17, 15) is 17.6 Å². The van der Waals surface area contributed by atoms with Crippen molar-refractivity contribution in [3.63, 3.8) is 0 Å². The maximum absolute atomic E-state index is 13.0. The lowest BCUT2D eigenvalue weighted by molar-refractivity contribution is -0.116. The van der Waals surface area contributed by atoms with Crippen LogP contribution in [0.4, 0.5) is 15.8 Å². The number of rotatable bonds is 7. The molecule has 2 rings (SSSR count). The number of halogens is 1. The molecule has 1 N–H and O–H groups in total. The lowest BCUT2D eigenvalue weighted by atomic mass is 10.2. The van der Waals surface area contributed by atoms with Crippen LogP contribution in [-0.4, -0.2) is 45.5 Å². The molecular weight excluding hydrogens is 357 g/mol. The van der Waals surface area contributed by atoms with Gasteiger partial charge in [0.25, 0.3) is 0 Å². The number of carbonyl (C=O) groups excluding carboxylic acids is 1. The Morgan fingerprint density at radius 1 is 1.04 bits per heavy atom. The highest BCUT2D eigenvalue weighted by Crippen LogP contribution is 2.16. The molecule has 0 atom stereocenters. The van der Waals surface area contributed by atoms with E-state index in [1.165, 1.54) is 24.3 Å². The third-order valence-electron chi connectivity index (χ3n) is 3.73. The van der Waals surface area contributed by atoms with Gasteiger partial charge in [-0.15, -0.1) is 0 Å². The molecule has 26 heavy (non-hydrogen) atoms. The summed E-state index contributed by atoms with van der Waals surface area (Å²) < 4.78 is 38.0. The van der Waals surface area contributed by atoms with Gasteiger partial charge >= 0.3 is 0 Å². The molecule has 6 nitrogen and oxygen atoms in total. The number of amides is 1. The van der Waals surface area contributed by atoms with E-state index < -0.39 is 21.7 Å². The molecule has 0 saturated heterocycles. The molecule has 0 aliphatic heterocycles. The number of carbonyl (C=O) groups is 1. The van der Waals surface area contributed by atoms with E-state index in [1.54, 1.807) is 12.1 Å². The monoisotopic (exact) mass is 379 g/mol. The molecular formula is C18H22FN3O3S. The summed E-state index contributed by atoms with van der Waals surface area (Å²) in [5.74, 6) is -0.853. The second-order valence-corrected chi connectivity index (χ2v) is 8.13. The standard InChI is InChI=1S/C18H22FN3O3S/c1-21(2)17-10-8-16(9-11-17)20-18(23)13-22(26(3,24)25)12-14-4-6-15(19)7-5-14/h4-11H,12-13H2,1-3H3,(H,20,23). The Labute approximate surface area is 153 Å². The summed E-state index contributed by atoms with van der Waals surface area (Å²) in [7, 11) is 0.213. The van der Waals surface area contributed by atoms with E-state index in [1.807, 2.05) is 31.1 Å². The van der Waals surface area contributed by atoms with Crippen molar-refractivity contribution < 1.29 is 17.6 Å². The number of nitrogens with zero attached hydrogens (tertiary/aromatic N) is 2. The molecule has 0 heterocycles. The first-order chi connectivity index (χ1) is 12.1. The van der Waals surface area contributed by atoms with Gasteiger partial charge in [0.1, 0.15) is 5.82 Å². The topological polar surface area (TPSA) is 69.7 Å². The Bertz CT molecular complexity index is 850. The van der Waals surface area contributed by atoms with Crippen LogP contribution in [0.2, 0.25) is 0 Å². The zero-order chi connectivity index (χ0) is 19.3. The second-order valence-electron chi connectivity index (χ2n) is 6.15. The Balaban J connectivity index is 2.05. The third kappa shape index (κ3) is 5.82. The quantitative estimate of drug-likeness (QED) is 0.801. The first-order valence-corrected chi connectivity index (χ1v) is 9.77. The first kappa shape index (κ1) is 19.9. The number of hydrogen-bond acceptors (Lipinski definition) is 4. The molecule has 0 unspecified atom stereocenters. The Morgan fingerprint density at radius 3 is 2.12 bits per heavy atom. The van der Waals surface area contributed by atoms with Crippen LogP contribution in [0.15, 0.2) is 48.5 Å². The summed E-state index contributed by atoms with van der Waals surface area (Å²) in [5.41, 5.74) is 2.16. The van der Waals surface area contributed by atoms with Crippen molar-refractivity contribution >= 4 is 27.3 Å². The van der Waals surface area contributed by atoms with Crippen molar-refractivity contribution in [2.75, 3.05) is 37.1 Å². The van der Waals surface area contributed by atoms with Crippen molar-refractivity contribution in [2.24, 2.45) is 0 Å². The molecule has 0 fully saturated rings. The zero-order valence-electron chi connectivity index (χ0n) is 14.9. The van der Waals surface area contributed by atoms with Crippen molar-refractivity contribution in [1.82, 2.24) is 4.31 Å². The maximum atomic E-state index is 13.0. The van der Waals surface area contributed by atoms with E-state index in [0.29, 0.717) is 11.3 Å². The third-order valence-corrected chi connectivity index (χ3v) is 4.92. The molecule has 140 valence electrons. The minimum atomic E-state index is -3.61. The van der Waals surface area contributed by atoms with Gasteiger partial charge in [-0.1, -0.05) is 12.1 Å². The molecule has 0 bridgehead atoms. The lowest BCUT2D eigenvalue weighted by Crippen LogP contribution is -2.36. The minimum Gasteiger partial charge on any atom is -0.378 e. The largest absolute Gasteiger partial charge is 0.378 e. The van der Waals surface area contributed by atoms with Crippen LogP contribution in [0.5, 0.6) is 0 Å². The number of hydrogen-bond donors (Lipinski definition) is 1.